The highest BCUT2D eigenvalue weighted by Crippen LogP contribution is 2.17. The smallest absolute Gasteiger partial charge is 0.308 e. The number of hydrogen-bond donors (Lipinski definition) is 2. The number of ether oxygens (including phenoxy) is 1. The van der Waals surface area contributed by atoms with E-state index in [2.05, 4.69) is 10.6 Å². The summed E-state index contributed by atoms with van der Waals surface area (Å²) in [5, 5.41) is 5.23. The number of aryl methyl sites for hydroxylation is 1. The molecule has 0 aliphatic carbocycles. The van der Waals surface area contributed by atoms with E-state index in [1.165, 1.54) is 11.8 Å². The van der Waals surface area contributed by atoms with Crippen molar-refractivity contribution in [3.05, 3.63) is 41.1 Å². The Labute approximate surface area is 170 Å². The van der Waals surface area contributed by atoms with Crippen molar-refractivity contribution in [3.8, 4) is 0 Å². The highest BCUT2D eigenvalue weighted by atomic mass is 16.5. The van der Waals surface area contributed by atoms with Gasteiger partial charge in [0.2, 0.25) is 11.8 Å². The number of esters is 1. The number of amides is 3. The first-order valence-corrected chi connectivity index (χ1v) is 9.62. The molecule has 1 aromatic rings. The summed E-state index contributed by atoms with van der Waals surface area (Å²) in [6.07, 6.45) is 2.00. The Morgan fingerprint density at radius 3 is 2.69 bits per heavy atom. The maximum Gasteiger partial charge on any atom is 0.308 e. The van der Waals surface area contributed by atoms with Crippen molar-refractivity contribution in [3.63, 3.8) is 0 Å². The Balaban J connectivity index is 2.31. The molecule has 0 bridgehead atoms. The van der Waals surface area contributed by atoms with Crippen molar-refractivity contribution in [1.29, 1.82) is 0 Å². The molecule has 0 saturated carbocycles. The van der Waals surface area contributed by atoms with Gasteiger partial charge in [0.05, 0.1) is 13.0 Å². The third-order valence-corrected chi connectivity index (χ3v) is 4.45. The van der Waals surface area contributed by atoms with E-state index in [1.54, 1.807) is 6.08 Å². The Bertz CT molecular complexity index is 818. The second-order valence-electron chi connectivity index (χ2n) is 6.83. The van der Waals surface area contributed by atoms with Gasteiger partial charge in [-0.3, -0.25) is 19.2 Å². The zero-order valence-corrected chi connectivity index (χ0v) is 17.0. The first-order valence-electron chi connectivity index (χ1n) is 9.62. The van der Waals surface area contributed by atoms with E-state index >= 15 is 0 Å². The third-order valence-electron chi connectivity index (χ3n) is 4.45. The van der Waals surface area contributed by atoms with Gasteiger partial charge in [-0.1, -0.05) is 31.2 Å². The number of carbonyl (C=O) groups is 4. The van der Waals surface area contributed by atoms with Crippen molar-refractivity contribution in [2.45, 2.75) is 39.7 Å². The summed E-state index contributed by atoms with van der Waals surface area (Å²) < 4.78 is 5.07. The first kappa shape index (κ1) is 22.1. The fourth-order valence-corrected chi connectivity index (χ4v) is 2.99. The normalized spacial score (nSPS) is 16.8. The van der Waals surface area contributed by atoms with Gasteiger partial charge in [0.1, 0.15) is 11.7 Å². The molecule has 0 radical (unpaired) electrons. The summed E-state index contributed by atoms with van der Waals surface area (Å²) in [6, 6.07) is 6.43. The van der Waals surface area contributed by atoms with Crippen molar-refractivity contribution in [2.24, 2.45) is 0 Å². The Morgan fingerprint density at radius 2 is 2.03 bits per heavy atom. The lowest BCUT2D eigenvalue weighted by atomic mass is 10.1. The van der Waals surface area contributed by atoms with E-state index < -0.39 is 29.7 Å². The Kier molecular flexibility index (Phi) is 7.94. The van der Waals surface area contributed by atoms with Crippen molar-refractivity contribution < 1.29 is 23.9 Å². The highest BCUT2D eigenvalue weighted by Gasteiger charge is 2.36. The minimum atomic E-state index is -0.991. The third kappa shape index (κ3) is 6.17. The molecule has 156 valence electrons. The molecule has 1 fully saturated rings. The monoisotopic (exact) mass is 401 g/mol. The second kappa shape index (κ2) is 10.4. The van der Waals surface area contributed by atoms with E-state index in [9.17, 15) is 19.2 Å². The molecule has 1 saturated heterocycles. The van der Waals surface area contributed by atoms with E-state index in [4.69, 9.17) is 4.74 Å². The highest BCUT2D eigenvalue weighted by molar-refractivity contribution is 6.03. The molecule has 1 atom stereocenters. The van der Waals surface area contributed by atoms with Crippen LogP contribution in [0.4, 0.5) is 0 Å². The number of nitrogens with one attached hydrogen (secondary N) is 2. The molecule has 0 spiro atoms. The van der Waals surface area contributed by atoms with Gasteiger partial charge >= 0.3 is 5.97 Å². The molecule has 1 aliphatic rings. The van der Waals surface area contributed by atoms with Gasteiger partial charge in [-0.2, -0.15) is 0 Å². The predicted molar refractivity (Wildman–Crippen MR) is 107 cm³/mol. The molecule has 2 rings (SSSR count). The van der Waals surface area contributed by atoms with Crippen LogP contribution in [0.1, 0.15) is 37.8 Å². The molecule has 8 nitrogen and oxygen atoms in total. The summed E-state index contributed by atoms with van der Waals surface area (Å²) in [5.41, 5.74) is 1.75. The largest absolute Gasteiger partial charge is 0.466 e. The fourth-order valence-electron chi connectivity index (χ4n) is 2.99. The molecule has 8 heteroatoms. The number of piperazine rings is 1. The zero-order chi connectivity index (χ0) is 21.4. The van der Waals surface area contributed by atoms with Gasteiger partial charge in [0.25, 0.3) is 5.91 Å². The van der Waals surface area contributed by atoms with Crippen LogP contribution in [0.15, 0.2) is 30.0 Å². The fraction of sp³-hybridized carbons (Fsp3) is 0.429. The average molecular weight is 401 g/mol. The number of rotatable bonds is 7. The quantitative estimate of drug-likeness (QED) is 0.527. The maximum atomic E-state index is 13.2. The van der Waals surface area contributed by atoms with Crippen LogP contribution in [0.2, 0.25) is 0 Å². The number of nitrogens with zero attached hydrogens (tertiary/aromatic N) is 1. The molecule has 3 amide bonds. The molecular formula is C21H27N3O5. The van der Waals surface area contributed by atoms with Crippen molar-refractivity contribution in [1.82, 2.24) is 15.5 Å². The molecular weight excluding hydrogens is 374 g/mol. The molecule has 1 heterocycles. The minimum Gasteiger partial charge on any atom is -0.466 e. The average Bonchev–Trinajstić information content (AvgIpc) is 2.68. The molecule has 1 aromatic carbocycles. The van der Waals surface area contributed by atoms with Crippen LogP contribution < -0.4 is 10.6 Å². The standard InChI is InChI=1S/C21H27N3O5/c1-4-11-29-19(26)13-18-20(27)22-9-10-24(18)21(28)17(23-15(3)25)12-16-8-6-5-7-14(16)2/h5-8,12,18H,4,9-11,13H2,1-3H3,(H,22,27)(H,23,25)/b17-12+. The zero-order valence-electron chi connectivity index (χ0n) is 17.0. The van der Waals surface area contributed by atoms with E-state index in [-0.39, 0.29) is 31.8 Å². The minimum absolute atomic E-state index is 0.0495. The van der Waals surface area contributed by atoms with Crippen LogP contribution in [-0.2, 0) is 23.9 Å². The summed E-state index contributed by atoms with van der Waals surface area (Å²) in [7, 11) is 0. The van der Waals surface area contributed by atoms with Gasteiger partial charge in [-0.05, 0) is 30.5 Å². The Morgan fingerprint density at radius 1 is 1.31 bits per heavy atom. The molecule has 29 heavy (non-hydrogen) atoms. The van der Waals surface area contributed by atoms with Gasteiger partial charge < -0.3 is 20.3 Å². The van der Waals surface area contributed by atoms with E-state index in [0.29, 0.717) is 6.42 Å². The predicted octanol–water partition coefficient (Wildman–Crippen LogP) is 1.14. The van der Waals surface area contributed by atoms with E-state index in [1.807, 2.05) is 38.1 Å². The summed E-state index contributed by atoms with van der Waals surface area (Å²) in [5.74, 6) is -1.89. The molecule has 1 unspecified atom stereocenters. The molecule has 0 aromatic heterocycles. The summed E-state index contributed by atoms with van der Waals surface area (Å²) in [4.78, 5) is 50.6. The lowest BCUT2D eigenvalue weighted by Crippen LogP contribution is -2.58. The van der Waals surface area contributed by atoms with Crippen LogP contribution in [0.5, 0.6) is 0 Å². The van der Waals surface area contributed by atoms with Crippen LogP contribution in [0.3, 0.4) is 0 Å². The second-order valence-corrected chi connectivity index (χ2v) is 6.83. The first-order chi connectivity index (χ1) is 13.8. The van der Waals surface area contributed by atoms with Crippen LogP contribution in [-0.4, -0.2) is 54.3 Å². The van der Waals surface area contributed by atoms with Crippen molar-refractivity contribution in [2.75, 3.05) is 19.7 Å². The number of carbonyl (C=O) groups excluding carboxylic acids is 4. The van der Waals surface area contributed by atoms with Crippen molar-refractivity contribution >= 4 is 29.8 Å². The SMILES string of the molecule is CCCOC(=O)CC1C(=O)NCCN1C(=O)/C(=C\c1ccccc1C)NC(C)=O. The van der Waals surface area contributed by atoms with Crippen LogP contribution >= 0.6 is 0 Å². The number of benzene rings is 1. The van der Waals surface area contributed by atoms with Crippen LogP contribution in [0, 0.1) is 6.92 Å². The number of hydrogen-bond acceptors (Lipinski definition) is 5. The lowest BCUT2D eigenvalue weighted by molar-refractivity contribution is -0.151. The topological polar surface area (TPSA) is 105 Å². The van der Waals surface area contributed by atoms with Gasteiger partial charge in [0.15, 0.2) is 0 Å². The maximum absolute atomic E-state index is 13.2. The van der Waals surface area contributed by atoms with Gasteiger partial charge in [-0.15, -0.1) is 0 Å². The van der Waals surface area contributed by atoms with Gasteiger partial charge in [0, 0.05) is 20.0 Å². The lowest BCUT2D eigenvalue weighted by Gasteiger charge is -2.35. The Hall–Kier alpha value is -3.16. The summed E-state index contributed by atoms with van der Waals surface area (Å²) >= 11 is 0. The molecule has 1 aliphatic heterocycles. The van der Waals surface area contributed by atoms with E-state index in [0.717, 1.165) is 11.1 Å². The van der Waals surface area contributed by atoms with Crippen LogP contribution in [0.25, 0.3) is 6.08 Å². The van der Waals surface area contributed by atoms with Gasteiger partial charge in [-0.25, -0.2) is 0 Å². The summed E-state index contributed by atoms with van der Waals surface area (Å²) in [6.45, 7) is 5.81. The molecule has 2 N–H and O–H groups in total.